The van der Waals surface area contributed by atoms with E-state index < -0.39 is 16.9 Å². The molecule has 2 aromatic rings. The van der Waals surface area contributed by atoms with Crippen LogP contribution in [0.3, 0.4) is 0 Å². The fourth-order valence-corrected chi connectivity index (χ4v) is 5.50. The molecule has 4 heterocycles. The van der Waals surface area contributed by atoms with Crippen LogP contribution in [0.5, 0.6) is 0 Å². The third-order valence-electron chi connectivity index (χ3n) is 7.45. The van der Waals surface area contributed by atoms with E-state index in [-0.39, 0.29) is 24.8 Å². The number of rotatable bonds is 3. The molecule has 32 heavy (non-hydrogen) atoms. The highest BCUT2D eigenvalue weighted by Gasteiger charge is 2.57. The number of anilines is 1. The maximum absolute atomic E-state index is 13.6. The second-order valence-corrected chi connectivity index (χ2v) is 9.44. The summed E-state index contributed by atoms with van der Waals surface area (Å²) in [5.41, 5.74) is 1.62. The second-order valence-electron chi connectivity index (χ2n) is 9.44. The van der Waals surface area contributed by atoms with Crippen molar-refractivity contribution >= 4 is 17.6 Å². The number of hydrogen-bond acceptors (Lipinski definition) is 5. The lowest BCUT2D eigenvalue weighted by Gasteiger charge is -2.27. The quantitative estimate of drug-likeness (QED) is 0.687. The molecular formula is C24H23F2N3O3. The van der Waals surface area contributed by atoms with E-state index in [1.807, 2.05) is 35.2 Å². The van der Waals surface area contributed by atoms with Crippen LogP contribution in [0.2, 0.25) is 0 Å². The highest BCUT2D eigenvalue weighted by molar-refractivity contribution is 5.95. The Morgan fingerprint density at radius 2 is 1.78 bits per heavy atom. The molecule has 1 aliphatic carbocycles. The first-order chi connectivity index (χ1) is 15.3. The highest BCUT2D eigenvalue weighted by Crippen LogP contribution is 2.52. The maximum Gasteiger partial charge on any atom is 0.341 e. The Kier molecular flexibility index (Phi) is 3.99. The van der Waals surface area contributed by atoms with Crippen molar-refractivity contribution in [2.45, 2.75) is 42.6 Å². The number of pyridine rings is 1. The molecule has 2 saturated heterocycles. The number of amides is 1. The van der Waals surface area contributed by atoms with Gasteiger partial charge in [0, 0.05) is 49.6 Å². The van der Waals surface area contributed by atoms with Crippen LogP contribution in [-0.2, 0) is 20.5 Å². The van der Waals surface area contributed by atoms with E-state index in [0.717, 1.165) is 29.7 Å². The summed E-state index contributed by atoms with van der Waals surface area (Å²) >= 11 is 0. The fourth-order valence-electron chi connectivity index (χ4n) is 5.50. The number of hydrogen-bond donors (Lipinski definition) is 0. The largest absolute Gasteiger partial charge is 0.449 e. The Labute approximate surface area is 184 Å². The molecule has 0 unspecified atom stereocenters. The first-order valence-corrected chi connectivity index (χ1v) is 11.0. The van der Waals surface area contributed by atoms with Crippen molar-refractivity contribution in [1.29, 1.82) is 0 Å². The maximum atomic E-state index is 13.6. The predicted molar refractivity (Wildman–Crippen MR) is 112 cm³/mol. The standard InChI is InChI=1S/C24H23F2N3O3/c25-24(26)9-12-28(15-24)17-3-1-16(2-4-17)22(6-7-22)21(31)29-11-8-23(14-29)19-5-10-27-13-18(19)20(30)32-23/h1-5,10,13H,6-9,11-12,14-15H2/t23-/m0/s1. The van der Waals surface area contributed by atoms with Crippen LogP contribution in [0.25, 0.3) is 0 Å². The third kappa shape index (κ3) is 2.84. The van der Waals surface area contributed by atoms with E-state index in [0.29, 0.717) is 31.6 Å². The average Bonchev–Trinajstić information content (AvgIpc) is 3.25. The lowest BCUT2D eigenvalue weighted by Crippen LogP contribution is -2.40. The lowest BCUT2D eigenvalue weighted by molar-refractivity contribution is -0.134. The number of carbonyl (C=O) groups excluding carboxylic acids is 2. The number of alkyl halides is 2. The molecule has 166 valence electrons. The van der Waals surface area contributed by atoms with Crippen molar-refractivity contribution < 1.29 is 23.1 Å². The van der Waals surface area contributed by atoms with Gasteiger partial charge in [-0.05, 0) is 36.6 Å². The molecule has 1 atom stereocenters. The summed E-state index contributed by atoms with van der Waals surface area (Å²) in [5, 5.41) is 0. The molecule has 3 fully saturated rings. The Balaban J connectivity index is 1.21. The van der Waals surface area contributed by atoms with Crippen molar-refractivity contribution in [3.8, 4) is 0 Å². The van der Waals surface area contributed by atoms with Crippen molar-refractivity contribution in [2.75, 3.05) is 31.1 Å². The summed E-state index contributed by atoms with van der Waals surface area (Å²) in [7, 11) is 0. The SMILES string of the molecule is O=C1O[C@]2(CCN(C(=O)C3(c4ccc(N5CCC(F)(F)C5)cc4)CC3)C2)c2ccncc21. The van der Waals surface area contributed by atoms with Crippen molar-refractivity contribution in [3.63, 3.8) is 0 Å². The topological polar surface area (TPSA) is 62.7 Å². The molecule has 0 radical (unpaired) electrons. The Morgan fingerprint density at radius 3 is 2.47 bits per heavy atom. The number of halogens is 2. The third-order valence-corrected chi connectivity index (χ3v) is 7.45. The lowest BCUT2D eigenvalue weighted by atomic mass is 9.92. The number of benzene rings is 1. The van der Waals surface area contributed by atoms with Gasteiger partial charge in [0.1, 0.15) is 0 Å². The molecule has 1 aromatic heterocycles. The number of likely N-dealkylation sites (tertiary alicyclic amines) is 1. The fraction of sp³-hybridized carbons (Fsp3) is 0.458. The zero-order valence-electron chi connectivity index (χ0n) is 17.5. The zero-order valence-corrected chi connectivity index (χ0v) is 17.5. The number of esters is 1. The molecule has 1 spiro atoms. The van der Waals surface area contributed by atoms with Gasteiger partial charge in [0.25, 0.3) is 5.92 Å². The van der Waals surface area contributed by atoms with Crippen LogP contribution < -0.4 is 4.90 Å². The van der Waals surface area contributed by atoms with E-state index in [4.69, 9.17) is 4.74 Å². The van der Waals surface area contributed by atoms with Gasteiger partial charge in [0.15, 0.2) is 5.60 Å². The molecule has 0 N–H and O–H groups in total. The van der Waals surface area contributed by atoms with Gasteiger partial charge < -0.3 is 14.5 Å². The van der Waals surface area contributed by atoms with Crippen LogP contribution in [0, 0.1) is 0 Å². The van der Waals surface area contributed by atoms with Crippen molar-refractivity contribution in [2.24, 2.45) is 0 Å². The molecule has 8 heteroatoms. The molecule has 4 aliphatic rings. The van der Waals surface area contributed by atoms with Crippen LogP contribution in [0.1, 0.15) is 47.2 Å². The zero-order chi connectivity index (χ0) is 22.1. The van der Waals surface area contributed by atoms with Gasteiger partial charge in [-0.25, -0.2) is 13.6 Å². The molecule has 6 nitrogen and oxygen atoms in total. The van der Waals surface area contributed by atoms with Gasteiger partial charge in [0.05, 0.1) is 24.1 Å². The first kappa shape index (κ1) is 19.6. The van der Waals surface area contributed by atoms with Gasteiger partial charge in [-0.3, -0.25) is 9.78 Å². The van der Waals surface area contributed by atoms with Crippen LogP contribution >= 0.6 is 0 Å². The van der Waals surface area contributed by atoms with E-state index in [1.54, 1.807) is 11.1 Å². The van der Waals surface area contributed by atoms with Crippen molar-refractivity contribution in [3.05, 3.63) is 59.4 Å². The average molecular weight is 439 g/mol. The summed E-state index contributed by atoms with van der Waals surface area (Å²) in [6.07, 6.45) is 5.13. The Morgan fingerprint density at radius 1 is 1.00 bits per heavy atom. The van der Waals surface area contributed by atoms with Crippen molar-refractivity contribution in [1.82, 2.24) is 9.88 Å². The number of fused-ring (bicyclic) bond motifs is 2. The minimum absolute atomic E-state index is 0.0494. The number of ether oxygens (including phenoxy) is 1. The summed E-state index contributed by atoms with van der Waals surface area (Å²) < 4.78 is 32.9. The first-order valence-electron chi connectivity index (χ1n) is 11.0. The molecule has 6 rings (SSSR count). The summed E-state index contributed by atoms with van der Waals surface area (Å²) in [4.78, 5) is 33.4. The Bertz CT molecular complexity index is 1120. The molecule has 1 aromatic carbocycles. The normalized spacial score (nSPS) is 27.0. The van der Waals surface area contributed by atoms with Gasteiger partial charge in [-0.15, -0.1) is 0 Å². The number of aromatic nitrogens is 1. The predicted octanol–water partition coefficient (Wildman–Crippen LogP) is 3.26. The van der Waals surface area contributed by atoms with E-state index in [2.05, 4.69) is 4.98 Å². The number of nitrogens with zero attached hydrogens (tertiary/aromatic N) is 3. The molecule has 3 aliphatic heterocycles. The highest BCUT2D eigenvalue weighted by atomic mass is 19.3. The number of carbonyl (C=O) groups is 2. The Hall–Kier alpha value is -3.03. The van der Waals surface area contributed by atoms with Gasteiger partial charge in [-0.1, -0.05) is 12.1 Å². The summed E-state index contributed by atoms with van der Waals surface area (Å²) in [6.45, 7) is 0.942. The van der Waals surface area contributed by atoms with Crippen LogP contribution in [0.4, 0.5) is 14.5 Å². The van der Waals surface area contributed by atoms with E-state index in [9.17, 15) is 18.4 Å². The minimum atomic E-state index is -2.64. The minimum Gasteiger partial charge on any atom is -0.449 e. The van der Waals surface area contributed by atoms with E-state index >= 15 is 0 Å². The summed E-state index contributed by atoms with van der Waals surface area (Å²) in [6, 6.07) is 9.30. The molecule has 0 bridgehead atoms. The van der Waals surface area contributed by atoms with Crippen LogP contribution in [-0.4, -0.2) is 53.9 Å². The van der Waals surface area contributed by atoms with Gasteiger partial charge >= 0.3 is 5.97 Å². The van der Waals surface area contributed by atoms with Gasteiger partial charge in [-0.2, -0.15) is 0 Å². The molecule has 1 saturated carbocycles. The van der Waals surface area contributed by atoms with Gasteiger partial charge in [0.2, 0.25) is 5.91 Å². The molecule has 1 amide bonds. The second kappa shape index (κ2) is 6.49. The molecular weight excluding hydrogens is 416 g/mol. The smallest absolute Gasteiger partial charge is 0.341 e. The monoisotopic (exact) mass is 439 g/mol. The van der Waals surface area contributed by atoms with Crippen LogP contribution in [0.15, 0.2) is 42.7 Å². The van der Waals surface area contributed by atoms with E-state index in [1.165, 1.54) is 6.20 Å². The summed E-state index contributed by atoms with van der Waals surface area (Å²) in [5.74, 6) is -2.98.